The van der Waals surface area contributed by atoms with E-state index < -0.39 is 0 Å². The lowest BCUT2D eigenvalue weighted by Gasteiger charge is -2.25. The number of hydrogen-bond acceptors (Lipinski definition) is 1. The van der Waals surface area contributed by atoms with Gasteiger partial charge in [-0.05, 0) is 42.9 Å². The second-order valence-corrected chi connectivity index (χ2v) is 5.55. The maximum atomic E-state index is 10.6. The molecule has 0 saturated heterocycles. The molecule has 0 spiro atoms. The Balaban J connectivity index is 1.78. The lowest BCUT2D eigenvalue weighted by molar-refractivity contribution is 0.0287. The summed E-state index contributed by atoms with van der Waals surface area (Å²) in [4.78, 5) is 0. The highest BCUT2D eigenvalue weighted by Gasteiger charge is 2.69. The van der Waals surface area contributed by atoms with Gasteiger partial charge in [0.15, 0.2) is 0 Å². The molecule has 0 aromatic rings. The lowest BCUT2D eigenvalue weighted by Crippen LogP contribution is -2.29. The Morgan fingerprint density at radius 3 is 2.00 bits per heavy atom. The number of hydrogen-bond donors (Lipinski definition) is 1. The quantitative estimate of drug-likeness (QED) is 0.657. The molecule has 0 radical (unpaired) electrons. The van der Waals surface area contributed by atoms with Crippen molar-refractivity contribution in [3.05, 3.63) is 0 Å². The van der Waals surface area contributed by atoms with Crippen LogP contribution in [0.1, 0.15) is 45.4 Å². The van der Waals surface area contributed by atoms with Gasteiger partial charge in [0.05, 0.1) is 5.60 Å². The first-order chi connectivity index (χ1) is 6.24. The third-order valence-electron chi connectivity index (χ3n) is 5.05. The van der Waals surface area contributed by atoms with E-state index in [-0.39, 0.29) is 5.60 Å². The predicted molar refractivity (Wildman–Crippen MR) is 52.3 cm³/mol. The monoisotopic (exact) mass is 180 g/mol. The molecule has 13 heavy (non-hydrogen) atoms. The van der Waals surface area contributed by atoms with Crippen molar-refractivity contribution in [2.24, 2.45) is 23.7 Å². The third-order valence-corrected chi connectivity index (χ3v) is 5.05. The van der Waals surface area contributed by atoms with E-state index in [0.29, 0.717) is 17.8 Å². The van der Waals surface area contributed by atoms with Crippen molar-refractivity contribution in [1.29, 1.82) is 0 Å². The van der Waals surface area contributed by atoms with Gasteiger partial charge in [-0.25, -0.2) is 0 Å². The standard InChI is InChI=1S/C12H20O/c1-8-4-2-5-9(8)12(13)10-6-3-7-11(10)12/h8-11,13H,2-7H2,1H3. The number of fused-ring (bicyclic) bond motifs is 1. The molecule has 4 atom stereocenters. The molecule has 3 rings (SSSR count). The van der Waals surface area contributed by atoms with Crippen LogP contribution in [0, 0.1) is 23.7 Å². The lowest BCUT2D eigenvalue weighted by atomic mass is 9.85. The van der Waals surface area contributed by atoms with E-state index in [0.717, 1.165) is 5.92 Å². The van der Waals surface area contributed by atoms with E-state index in [1.54, 1.807) is 0 Å². The summed E-state index contributed by atoms with van der Waals surface area (Å²) >= 11 is 0. The first-order valence-electron chi connectivity index (χ1n) is 5.97. The predicted octanol–water partition coefficient (Wildman–Crippen LogP) is 2.58. The highest BCUT2D eigenvalue weighted by atomic mass is 16.3. The Hall–Kier alpha value is -0.0400. The van der Waals surface area contributed by atoms with Crippen molar-refractivity contribution in [1.82, 2.24) is 0 Å². The normalized spacial score (nSPS) is 59.5. The summed E-state index contributed by atoms with van der Waals surface area (Å²) in [6, 6.07) is 0. The minimum atomic E-state index is -0.186. The Bertz CT molecular complexity index is 213. The molecule has 0 aromatic heterocycles. The molecular weight excluding hydrogens is 160 g/mol. The van der Waals surface area contributed by atoms with Crippen molar-refractivity contribution >= 4 is 0 Å². The first-order valence-corrected chi connectivity index (χ1v) is 5.97. The Morgan fingerprint density at radius 1 is 0.923 bits per heavy atom. The second-order valence-electron chi connectivity index (χ2n) is 5.55. The van der Waals surface area contributed by atoms with Crippen LogP contribution in [-0.2, 0) is 0 Å². The van der Waals surface area contributed by atoms with Gasteiger partial charge < -0.3 is 5.11 Å². The highest BCUT2D eigenvalue weighted by molar-refractivity contribution is 5.18. The molecule has 74 valence electrons. The molecule has 0 amide bonds. The van der Waals surface area contributed by atoms with E-state index >= 15 is 0 Å². The van der Waals surface area contributed by atoms with Crippen molar-refractivity contribution in [2.45, 2.75) is 51.0 Å². The van der Waals surface area contributed by atoms with Crippen molar-refractivity contribution in [2.75, 3.05) is 0 Å². The van der Waals surface area contributed by atoms with Crippen LogP contribution in [0.4, 0.5) is 0 Å². The van der Waals surface area contributed by atoms with Crippen LogP contribution in [0.2, 0.25) is 0 Å². The average molecular weight is 180 g/mol. The van der Waals surface area contributed by atoms with Crippen LogP contribution in [0.5, 0.6) is 0 Å². The summed E-state index contributed by atoms with van der Waals surface area (Å²) in [5.74, 6) is 2.86. The summed E-state index contributed by atoms with van der Waals surface area (Å²) in [7, 11) is 0. The molecule has 0 heterocycles. The molecule has 1 N–H and O–H groups in total. The maximum Gasteiger partial charge on any atom is 0.0741 e. The summed E-state index contributed by atoms with van der Waals surface area (Å²) in [6.07, 6.45) is 8.00. The van der Waals surface area contributed by atoms with E-state index in [1.165, 1.54) is 38.5 Å². The minimum Gasteiger partial charge on any atom is -0.389 e. The van der Waals surface area contributed by atoms with E-state index in [4.69, 9.17) is 0 Å². The molecular formula is C12H20O. The highest BCUT2D eigenvalue weighted by Crippen LogP contribution is 2.67. The molecule has 0 bridgehead atoms. The molecule has 3 fully saturated rings. The average Bonchev–Trinajstić information content (AvgIpc) is 2.61. The number of rotatable bonds is 1. The third kappa shape index (κ3) is 0.918. The summed E-state index contributed by atoms with van der Waals surface area (Å²) in [5, 5.41) is 10.6. The van der Waals surface area contributed by atoms with Gasteiger partial charge in [0, 0.05) is 0 Å². The molecule has 0 aliphatic heterocycles. The Kier molecular flexibility index (Phi) is 1.59. The van der Waals surface area contributed by atoms with Crippen molar-refractivity contribution in [3.8, 4) is 0 Å². The van der Waals surface area contributed by atoms with Crippen LogP contribution >= 0.6 is 0 Å². The van der Waals surface area contributed by atoms with E-state index in [9.17, 15) is 5.11 Å². The van der Waals surface area contributed by atoms with Gasteiger partial charge in [0.1, 0.15) is 0 Å². The molecule has 1 heteroatoms. The SMILES string of the molecule is CC1CCCC1C1(O)C2CCCC21. The zero-order chi connectivity index (χ0) is 9.05. The zero-order valence-electron chi connectivity index (χ0n) is 8.50. The Morgan fingerprint density at radius 2 is 1.46 bits per heavy atom. The van der Waals surface area contributed by atoms with Crippen LogP contribution in [-0.4, -0.2) is 10.7 Å². The van der Waals surface area contributed by atoms with Crippen LogP contribution in [0.3, 0.4) is 0 Å². The van der Waals surface area contributed by atoms with Gasteiger partial charge in [0.25, 0.3) is 0 Å². The smallest absolute Gasteiger partial charge is 0.0741 e. The van der Waals surface area contributed by atoms with E-state index in [1.807, 2.05) is 0 Å². The van der Waals surface area contributed by atoms with Crippen molar-refractivity contribution in [3.63, 3.8) is 0 Å². The number of aliphatic hydroxyl groups is 1. The van der Waals surface area contributed by atoms with Gasteiger partial charge in [-0.2, -0.15) is 0 Å². The van der Waals surface area contributed by atoms with Gasteiger partial charge in [-0.15, -0.1) is 0 Å². The van der Waals surface area contributed by atoms with Gasteiger partial charge >= 0.3 is 0 Å². The van der Waals surface area contributed by atoms with Gasteiger partial charge in [0.2, 0.25) is 0 Å². The van der Waals surface area contributed by atoms with Crippen LogP contribution < -0.4 is 0 Å². The molecule has 0 aromatic carbocycles. The molecule has 3 aliphatic carbocycles. The van der Waals surface area contributed by atoms with Gasteiger partial charge in [-0.3, -0.25) is 0 Å². The largest absolute Gasteiger partial charge is 0.389 e. The topological polar surface area (TPSA) is 20.2 Å². The zero-order valence-corrected chi connectivity index (χ0v) is 8.50. The molecule has 3 saturated carbocycles. The maximum absolute atomic E-state index is 10.6. The fourth-order valence-corrected chi connectivity index (χ4v) is 4.35. The fraction of sp³-hybridized carbons (Fsp3) is 1.00. The van der Waals surface area contributed by atoms with E-state index in [2.05, 4.69) is 6.92 Å². The second kappa shape index (κ2) is 2.50. The van der Waals surface area contributed by atoms with Crippen molar-refractivity contribution < 1.29 is 5.11 Å². The summed E-state index contributed by atoms with van der Waals surface area (Å²) < 4.78 is 0. The summed E-state index contributed by atoms with van der Waals surface area (Å²) in [6.45, 7) is 2.34. The molecule has 4 unspecified atom stereocenters. The molecule has 3 aliphatic rings. The van der Waals surface area contributed by atoms with Crippen LogP contribution in [0.25, 0.3) is 0 Å². The molecule has 1 nitrogen and oxygen atoms in total. The van der Waals surface area contributed by atoms with Gasteiger partial charge in [-0.1, -0.05) is 26.2 Å². The van der Waals surface area contributed by atoms with Crippen LogP contribution in [0.15, 0.2) is 0 Å². The summed E-state index contributed by atoms with van der Waals surface area (Å²) in [5.41, 5.74) is -0.186. The minimum absolute atomic E-state index is 0.186. The Labute approximate surface area is 80.5 Å². The fourth-order valence-electron chi connectivity index (χ4n) is 4.35. The first kappa shape index (κ1) is 8.28.